The fourth-order valence-corrected chi connectivity index (χ4v) is 1.86. The molecule has 0 spiro atoms. The number of hydrogen-bond donors (Lipinski definition) is 2. The van der Waals surface area contributed by atoms with Gasteiger partial charge in [-0.3, -0.25) is 4.57 Å². The predicted octanol–water partition coefficient (Wildman–Crippen LogP) is 0.904. The van der Waals surface area contributed by atoms with Crippen LogP contribution >= 0.6 is 0 Å². The third kappa shape index (κ3) is 2.25. The van der Waals surface area contributed by atoms with E-state index >= 15 is 0 Å². The van der Waals surface area contributed by atoms with Crippen molar-refractivity contribution in [2.24, 2.45) is 12.8 Å². The number of rotatable bonds is 4. The van der Waals surface area contributed by atoms with Crippen LogP contribution in [-0.4, -0.2) is 16.3 Å². The number of fused-ring (bicyclic) bond motifs is 1. The normalized spacial score (nSPS) is 13.1. The van der Waals surface area contributed by atoms with Crippen LogP contribution < -0.4 is 11.5 Å². The summed E-state index contributed by atoms with van der Waals surface area (Å²) in [6.07, 6.45) is 1.37. The fraction of sp³-hybridized carbons (Fsp3) is 0.417. The van der Waals surface area contributed by atoms with Gasteiger partial charge in [-0.15, -0.1) is 0 Å². The topological polar surface area (TPSA) is 81.4 Å². The van der Waals surface area contributed by atoms with Crippen LogP contribution in [0.4, 0.5) is 0 Å². The van der Waals surface area contributed by atoms with Crippen molar-refractivity contribution in [3.8, 4) is 0 Å². The van der Waals surface area contributed by atoms with E-state index in [1.165, 1.54) is 4.57 Å². The third-order valence-corrected chi connectivity index (χ3v) is 2.92. The summed E-state index contributed by atoms with van der Waals surface area (Å²) in [6, 6.07) is 5.36. The number of aromatic nitrogens is 1. The Morgan fingerprint density at radius 2 is 2.29 bits per heavy atom. The average molecular weight is 236 g/mol. The standard InChI is InChI=1S/C12H16N2O3/c1-14-10-5-4-8(9(13)3-2-6-15)7-11(10)17-12(14)16/h4-5,7,9,15H,2-3,6,13H2,1H3. The highest BCUT2D eigenvalue weighted by molar-refractivity contribution is 5.73. The fourth-order valence-electron chi connectivity index (χ4n) is 1.86. The Morgan fingerprint density at radius 1 is 1.53 bits per heavy atom. The molecule has 0 saturated carbocycles. The van der Waals surface area contributed by atoms with Crippen molar-refractivity contribution in [2.45, 2.75) is 18.9 Å². The summed E-state index contributed by atoms with van der Waals surface area (Å²) in [5.41, 5.74) is 8.20. The van der Waals surface area contributed by atoms with Crippen molar-refractivity contribution < 1.29 is 9.52 Å². The number of nitrogens with zero attached hydrogens (tertiary/aromatic N) is 1. The first-order chi connectivity index (χ1) is 8.13. The molecule has 5 nitrogen and oxygen atoms in total. The number of oxazole rings is 1. The van der Waals surface area contributed by atoms with E-state index in [0.717, 1.165) is 11.1 Å². The van der Waals surface area contributed by atoms with Gasteiger partial charge in [-0.1, -0.05) is 6.07 Å². The van der Waals surface area contributed by atoms with E-state index in [-0.39, 0.29) is 18.4 Å². The third-order valence-electron chi connectivity index (χ3n) is 2.92. The first-order valence-corrected chi connectivity index (χ1v) is 5.59. The molecule has 1 atom stereocenters. The van der Waals surface area contributed by atoms with E-state index in [4.69, 9.17) is 15.3 Å². The Balaban J connectivity index is 2.34. The molecule has 0 saturated heterocycles. The number of aliphatic hydroxyl groups excluding tert-OH is 1. The second kappa shape index (κ2) is 4.73. The van der Waals surface area contributed by atoms with Gasteiger partial charge >= 0.3 is 5.76 Å². The molecule has 5 heteroatoms. The van der Waals surface area contributed by atoms with Crippen LogP contribution in [0, 0.1) is 0 Å². The molecule has 0 aliphatic rings. The van der Waals surface area contributed by atoms with Gasteiger partial charge in [0.1, 0.15) is 0 Å². The van der Waals surface area contributed by atoms with Crippen molar-refractivity contribution in [2.75, 3.05) is 6.61 Å². The molecule has 1 unspecified atom stereocenters. The molecule has 17 heavy (non-hydrogen) atoms. The zero-order valence-electron chi connectivity index (χ0n) is 9.72. The van der Waals surface area contributed by atoms with Crippen LogP contribution in [-0.2, 0) is 7.05 Å². The second-order valence-corrected chi connectivity index (χ2v) is 4.13. The molecular weight excluding hydrogens is 220 g/mol. The van der Waals surface area contributed by atoms with Gasteiger partial charge in [0.15, 0.2) is 5.58 Å². The molecule has 0 amide bonds. The molecule has 1 aromatic heterocycles. The second-order valence-electron chi connectivity index (χ2n) is 4.13. The highest BCUT2D eigenvalue weighted by Gasteiger charge is 2.10. The predicted molar refractivity (Wildman–Crippen MR) is 64.7 cm³/mol. The van der Waals surface area contributed by atoms with Crippen LogP contribution in [0.25, 0.3) is 11.1 Å². The van der Waals surface area contributed by atoms with E-state index in [0.29, 0.717) is 18.4 Å². The lowest BCUT2D eigenvalue weighted by Gasteiger charge is -2.10. The Labute approximate surface area is 98.5 Å². The summed E-state index contributed by atoms with van der Waals surface area (Å²) < 4.78 is 6.55. The molecule has 2 rings (SSSR count). The maximum Gasteiger partial charge on any atom is 0.419 e. The van der Waals surface area contributed by atoms with Crippen molar-refractivity contribution in [1.29, 1.82) is 0 Å². The van der Waals surface area contributed by atoms with Crippen LogP contribution in [0.15, 0.2) is 27.4 Å². The van der Waals surface area contributed by atoms with Gasteiger partial charge in [0, 0.05) is 19.7 Å². The lowest BCUT2D eigenvalue weighted by atomic mass is 10.0. The van der Waals surface area contributed by atoms with Crippen LogP contribution in [0.2, 0.25) is 0 Å². The number of benzene rings is 1. The summed E-state index contributed by atoms with van der Waals surface area (Å²) in [6.45, 7) is 0.135. The summed E-state index contributed by atoms with van der Waals surface area (Å²) in [7, 11) is 1.67. The maximum atomic E-state index is 11.3. The molecule has 3 N–H and O–H groups in total. The van der Waals surface area contributed by atoms with Crippen LogP contribution in [0.1, 0.15) is 24.4 Å². The molecule has 0 aliphatic heterocycles. The van der Waals surface area contributed by atoms with Gasteiger partial charge in [0.05, 0.1) is 5.52 Å². The minimum absolute atomic E-state index is 0.135. The molecule has 1 aromatic carbocycles. The molecule has 1 heterocycles. The van der Waals surface area contributed by atoms with Gasteiger partial charge in [-0.05, 0) is 30.5 Å². The zero-order valence-corrected chi connectivity index (χ0v) is 9.72. The summed E-state index contributed by atoms with van der Waals surface area (Å²) >= 11 is 0. The first kappa shape index (κ1) is 11.9. The quantitative estimate of drug-likeness (QED) is 0.826. The highest BCUT2D eigenvalue weighted by atomic mass is 16.4. The molecule has 0 fully saturated rings. The SMILES string of the molecule is Cn1c(=O)oc2cc(C(N)CCCO)ccc21. The van der Waals surface area contributed by atoms with Gasteiger partial charge in [0.25, 0.3) is 0 Å². The monoisotopic (exact) mass is 236 g/mol. The van der Waals surface area contributed by atoms with Crippen molar-refractivity contribution >= 4 is 11.1 Å². The molecule has 0 radical (unpaired) electrons. The maximum absolute atomic E-state index is 11.3. The number of hydrogen-bond acceptors (Lipinski definition) is 4. The molecule has 2 aromatic rings. The first-order valence-electron chi connectivity index (χ1n) is 5.59. The lowest BCUT2D eigenvalue weighted by molar-refractivity contribution is 0.280. The summed E-state index contributed by atoms with van der Waals surface area (Å²) in [5.74, 6) is -0.374. The van der Waals surface area contributed by atoms with Crippen molar-refractivity contribution in [1.82, 2.24) is 4.57 Å². The Bertz CT molecular complexity index is 571. The number of nitrogens with two attached hydrogens (primary N) is 1. The van der Waals surface area contributed by atoms with Crippen LogP contribution in [0.3, 0.4) is 0 Å². The van der Waals surface area contributed by atoms with E-state index in [2.05, 4.69) is 0 Å². The zero-order chi connectivity index (χ0) is 12.4. The van der Waals surface area contributed by atoms with Crippen molar-refractivity contribution in [3.05, 3.63) is 34.3 Å². The molecule has 92 valence electrons. The van der Waals surface area contributed by atoms with Gasteiger partial charge in [-0.2, -0.15) is 0 Å². The highest BCUT2D eigenvalue weighted by Crippen LogP contribution is 2.20. The minimum atomic E-state index is -0.374. The van der Waals surface area contributed by atoms with Crippen molar-refractivity contribution in [3.63, 3.8) is 0 Å². The van der Waals surface area contributed by atoms with Crippen LogP contribution in [0.5, 0.6) is 0 Å². The minimum Gasteiger partial charge on any atom is -0.408 e. The Hall–Kier alpha value is -1.59. The molecule has 0 bridgehead atoms. The smallest absolute Gasteiger partial charge is 0.408 e. The number of aliphatic hydroxyl groups is 1. The lowest BCUT2D eigenvalue weighted by Crippen LogP contribution is -2.10. The Morgan fingerprint density at radius 3 is 3.00 bits per heavy atom. The van der Waals surface area contributed by atoms with Gasteiger partial charge in [0.2, 0.25) is 0 Å². The van der Waals surface area contributed by atoms with E-state index in [1.807, 2.05) is 12.1 Å². The van der Waals surface area contributed by atoms with E-state index < -0.39 is 0 Å². The van der Waals surface area contributed by atoms with Gasteiger partial charge < -0.3 is 15.3 Å². The Kier molecular flexibility index (Phi) is 3.31. The largest absolute Gasteiger partial charge is 0.419 e. The summed E-state index contributed by atoms with van der Waals surface area (Å²) in [5, 5.41) is 8.75. The molecule has 0 aliphatic carbocycles. The van der Waals surface area contributed by atoms with E-state index in [9.17, 15) is 4.79 Å². The summed E-state index contributed by atoms with van der Waals surface area (Å²) in [4.78, 5) is 11.3. The average Bonchev–Trinajstić information content (AvgIpc) is 2.61. The van der Waals surface area contributed by atoms with E-state index in [1.54, 1.807) is 13.1 Å². The van der Waals surface area contributed by atoms with Gasteiger partial charge in [-0.25, -0.2) is 4.79 Å². The number of aryl methyl sites for hydroxylation is 1. The molecular formula is C12H16N2O3.